The van der Waals surface area contributed by atoms with Crippen LogP contribution in [0.4, 0.5) is 5.82 Å². The molecule has 0 aromatic carbocycles. The first-order valence-electron chi connectivity index (χ1n) is 8.10. The molecule has 0 spiro atoms. The summed E-state index contributed by atoms with van der Waals surface area (Å²) in [6, 6.07) is 0.188. The maximum Gasteiger partial charge on any atom is 0.408 e. The quantitative estimate of drug-likeness (QED) is 0.636. The van der Waals surface area contributed by atoms with E-state index in [-0.39, 0.29) is 35.8 Å². The van der Waals surface area contributed by atoms with Gasteiger partial charge in [0.15, 0.2) is 5.02 Å². The summed E-state index contributed by atoms with van der Waals surface area (Å²) in [5.74, 6) is 1.80. The lowest BCUT2D eigenvalue weighted by molar-refractivity contribution is -0.389. The number of carbonyl (C=O) groups is 1. The van der Waals surface area contributed by atoms with Crippen molar-refractivity contribution in [3.63, 3.8) is 0 Å². The lowest BCUT2D eigenvalue weighted by atomic mass is 9.84. The Morgan fingerprint density at radius 3 is 2.91 bits per heavy atom. The number of aromatic nitrogens is 2. The minimum absolute atomic E-state index is 0.00856. The fraction of sp³-hybridized carbons (Fsp3) is 0.733. The Balaban J connectivity index is 1.48. The van der Waals surface area contributed by atoms with Gasteiger partial charge < -0.3 is 15.4 Å². The molecule has 8 heteroatoms. The summed E-state index contributed by atoms with van der Waals surface area (Å²) in [7, 11) is 0. The summed E-state index contributed by atoms with van der Waals surface area (Å²) in [5, 5.41) is 17.5. The Bertz CT molecular complexity index is 618. The molecule has 2 aliphatic rings. The van der Waals surface area contributed by atoms with Crippen molar-refractivity contribution in [1.29, 1.82) is 0 Å². The fourth-order valence-corrected chi connectivity index (χ4v) is 4.40. The number of fused-ring (bicyclic) bond motifs is 2. The zero-order valence-electron chi connectivity index (χ0n) is 13.1. The van der Waals surface area contributed by atoms with Crippen LogP contribution < -0.4 is 5.32 Å². The van der Waals surface area contributed by atoms with Gasteiger partial charge in [-0.2, -0.15) is 4.68 Å². The molecule has 1 aromatic rings. The zero-order valence-corrected chi connectivity index (χ0v) is 13.8. The average Bonchev–Trinajstić information content (AvgIpc) is 3.19. The first-order valence-corrected chi connectivity index (χ1v) is 8.48. The summed E-state index contributed by atoms with van der Waals surface area (Å²) in [5.41, 5.74) is 0. The topological polar surface area (TPSA) is 90.1 Å². The van der Waals surface area contributed by atoms with E-state index in [1.807, 2.05) is 0 Å². The van der Waals surface area contributed by atoms with E-state index >= 15 is 0 Å². The molecule has 1 aromatic heterocycles. The molecule has 0 saturated heterocycles. The van der Waals surface area contributed by atoms with E-state index < -0.39 is 4.92 Å². The Labute approximate surface area is 139 Å². The number of carbonyl (C=O) groups excluding carboxylic acids is 1. The van der Waals surface area contributed by atoms with Crippen LogP contribution in [-0.2, 0) is 11.3 Å². The molecular formula is C15H21ClN4O3. The van der Waals surface area contributed by atoms with Gasteiger partial charge in [0.1, 0.15) is 0 Å². The molecule has 7 nitrogen and oxygen atoms in total. The van der Waals surface area contributed by atoms with Crippen LogP contribution in [0.25, 0.3) is 0 Å². The van der Waals surface area contributed by atoms with Gasteiger partial charge in [0.2, 0.25) is 5.91 Å². The van der Waals surface area contributed by atoms with Crippen LogP contribution >= 0.6 is 11.6 Å². The number of hydrogen-bond donors (Lipinski definition) is 1. The second kappa shape index (κ2) is 6.47. The molecular weight excluding hydrogens is 320 g/mol. The third kappa shape index (κ3) is 3.49. The monoisotopic (exact) mass is 340 g/mol. The standard InChI is InChI=1S/C15H21ClN4O3/c1-9(12-7-10-2-3-11(12)6-10)17-14(21)4-5-19-8-13(16)15(18-19)20(22)23/h8-12H,2-7H2,1H3,(H,17,21)/t9-,10-,11-,12+/m0/s1. The van der Waals surface area contributed by atoms with Crippen molar-refractivity contribution in [1.82, 2.24) is 15.1 Å². The number of aryl methyl sites for hydroxylation is 1. The minimum Gasteiger partial charge on any atom is -0.358 e. The summed E-state index contributed by atoms with van der Waals surface area (Å²) in [6.07, 6.45) is 6.81. The van der Waals surface area contributed by atoms with E-state index in [9.17, 15) is 14.9 Å². The van der Waals surface area contributed by atoms with Gasteiger partial charge in [-0.05, 0) is 48.9 Å². The molecule has 1 N–H and O–H groups in total. The minimum atomic E-state index is -0.629. The molecule has 0 radical (unpaired) electrons. The Morgan fingerprint density at radius 2 is 2.35 bits per heavy atom. The van der Waals surface area contributed by atoms with Crippen LogP contribution in [0.3, 0.4) is 0 Å². The number of nitrogens with zero attached hydrogens (tertiary/aromatic N) is 3. The van der Waals surface area contributed by atoms with E-state index in [4.69, 9.17) is 11.6 Å². The molecule has 2 saturated carbocycles. The van der Waals surface area contributed by atoms with Crippen molar-refractivity contribution in [2.24, 2.45) is 17.8 Å². The molecule has 2 bridgehead atoms. The third-order valence-corrected chi connectivity index (χ3v) is 5.53. The van der Waals surface area contributed by atoms with Gasteiger partial charge in [-0.15, -0.1) is 0 Å². The third-order valence-electron chi connectivity index (χ3n) is 5.26. The van der Waals surface area contributed by atoms with Crippen molar-refractivity contribution in [3.05, 3.63) is 21.3 Å². The maximum atomic E-state index is 12.1. The summed E-state index contributed by atoms with van der Waals surface area (Å²) < 4.78 is 1.35. The predicted octanol–water partition coefficient (Wildman–Crippen LogP) is 2.78. The number of nitrogens with one attached hydrogen (secondary N) is 1. The van der Waals surface area contributed by atoms with Crippen molar-refractivity contribution >= 4 is 23.3 Å². The molecule has 1 amide bonds. The van der Waals surface area contributed by atoms with E-state index in [2.05, 4.69) is 17.3 Å². The molecule has 0 unspecified atom stereocenters. The van der Waals surface area contributed by atoms with Crippen molar-refractivity contribution in [2.45, 2.75) is 51.6 Å². The van der Waals surface area contributed by atoms with Crippen LogP contribution in [0.2, 0.25) is 5.02 Å². The molecule has 2 aliphatic carbocycles. The molecule has 3 rings (SSSR count). The highest BCUT2D eigenvalue weighted by atomic mass is 35.5. The second-order valence-electron chi connectivity index (χ2n) is 6.77. The predicted molar refractivity (Wildman–Crippen MR) is 85.1 cm³/mol. The van der Waals surface area contributed by atoms with Gasteiger partial charge in [0, 0.05) is 12.5 Å². The number of halogens is 1. The van der Waals surface area contributed by atoms with Gasteiger partial charge >= 0.3 is 5.82 Å². The van der Waals surface area contributed by atoms with E-state index in [0.717, 1.165) is 11.8 Å². The lowest BCUT2D eigenvalue weighted by Crippen LogP contribution is -2.40. The Hall–Kier alpha value is -1.63. The van der Waals surface area contributed by atoms with Crippen LogP contribution in [0.15, 0.2) is 6.20 Å². The highest BCUT2D eigenvalue weighted by molar-refractivity contribution is 6.32. The summed E-state index contributed by atoms with van der Waals surface area (Å²) in [6.45, 7) is 2.36. The van der Waals surface area contributed by atoms with Crippen LogP contribution in [0, 0.1) is 27.9 Å². The summed E-state index contributed by atoms with van der Waals surface area (Å²) >= 11 is 5.74. The van der Waals surface area contributed by atoms with Gasteiger partial charge in [-0.3, -0.25) is 4.79 Å². The Kier molecular flexibility index (Phi) is 4.57. The van der Waals surface area contributed by atoms with E-state index in [1.165, 1.54) is 36.6 Å². The number of amides is 1. The normalized spacial score (nSPS) is 27.1. The van der Waals surface area contributed by atoms with Gasteiger partial charge in [0.25, 0.3) is 0 Å². The number of rotatable bonds is 6. The van der Waals surface area contributed by atoms with E-state index in [1.54, 1.807) is 0 Å². The average molecular weight is 341 g/mol. The van der Waals surface area contributed by atoms with Crippen LogP contribution in [-0.4, -0.2) is 26.7 Å². The summed E-state index contributed by atoms with van der Waals surface area (Å²) in [4.78, 5) is 22.2. The molecule has 1 heterocycles. The molecule has 126 valence electrons. The number of nitro groups is 1. The zero-order chi connectivity index (χ0) is 16.6. The van der Waals surface area contributed by atoms with E-state index in [0.29, 0.717) is 5.92 Å². The fourth-order valence-electron chi connectivity index (χ4n) is 4.18. The largest absolute Gasteiger partial charge is 0.408 e. The van der Waals surface area contributed by atoms with Crippen molar-refractivity contribution < 1.29 is 9.72 Å². The smallest absolute Gasteiger partial charge is 0.358 e. The first kappa shape index (κ1) is 16.2. The molecule has 2 fully saturated rings. The van der Waals surface area contributed by atoms with Crippen molar-refractivity contribution in [2.75, 3.05) is 0 Å². The molecule has 23 heavy (non-hydrogen) atoms. The van der Waals surface area contributed by atoms with Gasteiger partial charge in [-0.25, -0.2) is 0 Å². The lowest BCUT2D eigenvalue weighted by Gasteiger charge is -2.28. The van der Waals surface area contributed by atoms with Crippen molar-refractivity contribution in [3.8, 4) is 0 Å². The molecule has 0 aliphatic heterocycles. The highest BCUT2D eigenvalue weighted by Crippen LogP contribution is 2.49. The van der Waals surface area contributed by atoms with Crippen LogP contribution in [0.5, 0.6) is 0 Å². The second-order valence-corrected chi connectivity index (χ2v) is 7.17. The maximum absolute atomic E-state index is 12.1. The first-order chi connectivity index (χ1) is 10.9. The highest BCUT2D eigenvalue weighted by Gasteiger charge is 2.42. The molecule has 4 atom stereocenters. The number of hydrogen-bond acceptors (Lipinski definition) is 4. The van der Waals surface area contributed by atoms with Gasteiger partial charge in [0.05, 0.1) is 17.8 Å². The SMILES string of the molecule is C[C@H](NC(=O)CCn1cc(Cl)c([N+](=O)[O-])n1)[C@H]1C[C@H]2CC[C@H]1C2. The Morgan fingerprint density at radius 1 is 1.57 bits per heavy atom. The van der Waals surface area contributed by atoms with Crippen LogP contribution in [0.1, 0.15) is 39.0 Å². The van der Waals surface area contributed by atoms with Gasteiger partial charge in [-0.1, -0.05) is 18.0 Å².